The third kappa shape index (κ3) is 4.00. The molecule has 0 unspecified atom stereocenters. The second-order valence-electron chi connectivity index (χ2n) is 7.07. The van der Waals surface area contributed by atoms with Crippen molar-refractivity contribution < 1.29 is 4.79 Å². The number of aromatic nitrogens is 2. The monoisotopic (exact) mass is 473 g/mol. The molecule has 4 nitrogen and oxygen atoms in total. The zero-order valence-electron chi connectivity index (χ0n) is 16.7. The number of benzene rings is 3. The first-order chi connectivity index (χ1) is 15.6. The van der Waals surface area contributed by atoms with Crippen LogP contribution in [0.3, 0.4) is 0 Å². The van der Waals surface area contributed by atoms with Crippen LogP contribution in [0.1, 0.15) is 5.56 Å². The van der Waals surface area contributed by atoms with Crippen molar-refractivity contribution in [2.45, 2.75) is 0 Å². The summed E-state index contributed by atoms with van der Waals surface area (Å²) in [6, 6.07) is 26.9. The van der Waals surface area contributed by atoms with Gasteiger partial charge in [-0.25, -0.2) is 4.68 Å². The number of rotatable bonds is 4. The highest BCUT2D eigenvalue weighted by molar-refractivity contribution is 8.27. The summed E-state index contributed by atoms with van der Waals surface area (Å²) in [6.45, 7) is 0. The van der Waals surface area contributed by atoms with E-state index in [2.05, 4.69) is 0 Å². The van der Waals surface area contributed by atoms with E-state index in [4.69, 9.17) is 28.9 Å². The van der Waals surface area contributed by atoms with Crippen LogP contribution >= 0.6 is 35.6 Å². The maximum Gasteiger partial charge on any atom is 0.270 e. The fourth-order valence-electron chi connectivity index (χ4n) is 3.45. The average molecular weight is 474 g/mol. The first-order valence-electron chi connectivity index (χ1n) is 9.84. The SMILES string of the molecule is O=C1/C(=C/c2cn(-c3ccccc3)nc2-c2ccccc2)SC(=S)N1c1ccc(Cl)cc1. The van der Waals surface area contributed by atoms with Crippen molar-refractivity contribution in [1.82, 2.24) is 9.78 Å². The number of thiocarbonyl (C=S) groups is 1. The topological polar surface area (TPSA) is 38.1 Å². The lowest BCUT2D eigenvalue weighted by atomic mass is 10.1. The summed E-state index contributed by atoms with van der Waals surface area (Å²) in [5.41, 5.74) is 4.26. The van der Waals surface area contributed by atoms with Crippen molar-refractivity contribution in [3.8, 4) is 16.9 Å². The highest BCUT2D eigenvalue weighted by Gasteiger charge is 2.33. The molecule has 3 aromatic carbocycles. The van der Waals surface area contributed by atoms with Crippen molar-refractivity contribution in [2.75, 3.05) is 4.90 Å². The summed E-state index contributed by atoms with van der Waals surface area (Å²) in [5.74, 6) is -0.159. The zero-order chi connectivity index (χ0) is 22.1. The van der Waals surface area contributed by atoms with Crippen LogP contribution in [0, 0.1) is 0 Å². The number of nitrogens with zero attached hydrogens (tertiary/aromatic N) is 3. The highest BCUT2D eigenvalue weighted by atomic mass is 35.5. The first-order valence-corrected chi connectivity index (χ1v) is 11.4. The van der Waals surface area contributed by atoms with E-state index in [1.165, 1.54) is 16.7 Å². The van der Waals surface area contributed by atoms with Crippen LogP contribution in [0.4, 0.5) is 5.69 Å². The minimum Gasteiger partial charge on any atom is -0.268 e. The van der Waals surface area contributed by atoms with E-state index in [1.54, 1.807) is 24.3 Å². The van der Waals surface area contributed by atoms with Crippen molar-refractivity contribution in [3.05, 3.63) is 107 Å². The van der Waals surface area contributed by atoms with E-state index in [0.29, 0.717) is 19.9 Å². The van der Waals surface area contributed by atoms with Gasteiger partial charge in [-0.1, -0.05) is 84.1 Å². The number of halogens is 1. The Bertz CT molecular complexity index is 1330. The van der Waals surface area contributed by atoms with Gasteiger partial charge in [-0.15, -0.1) is 0 Å². The van der Waals surface area contributed by atoms with Crippen molar-refractivity contribution in [2.24, 2.45) is 0 Å². The fraction of sp³-hybridized carbons (Fsp3) is 0. The summed E-state index contributed by atoms with van der Waals surface area (Å²) in [6.07, 6.45) is 3.80. The maximum atomic E-state index is 13.2. The van der Waals surface area contributed by atoms with Crippen LogP contribution in [-0.4, -0.2) is 20.0 Å². The van der Waals surface area contributed by atoms with E-state index >= 15 is 0 Å². The molecular weight excluding hydrogens is 458 g/mol. The largest absolute Gasteiger partial charge is 0.270 e. The van der Waals surface area contributed by atoms with E-state index < -0.39 is 0 Å². The van der Waals surface area contributed by atoms with Gasteiger partial charge in [0.1, 0.15) is 0 Å². The molecule has 1 fully saturated rings. The number of carbonyl (C=O) groups excluding carboxylic acids is 1. The molecule has 1 aromatic heterocycles. The number of hydrogen-bond acceptors (Lipinski definition) is 4. The molecule has 0 spiro atoms. The molecule has 1 aliphatic rings. The Labute approximate surface area is 200 Å². The fourth-order valence-corrected chi connectivity index (χ4v) is 4.86. The lowest BCUT2D eigenvalue weighted by Gasteiger charge is -2.14. The Kier molecular flexibility index (Phi) is 5.66. The number of carbonyl (C=O) groups is 1. The van der Waals surface area contributed by atoms with Crippen LogP contribution in [-0.2, 0) is 4.79 Å². The Morgan fingerprint density at radius 2 is 1.53 bits per heavy atom. The summed E-state index contributed by atoms with van der Waals surface area (Å²) < 4.78 is 2.31. The molecule has 0 aliphatic carbocycles. The molecule has 0 saturated carbocycles. The molecule has 4 aromatic rings. The van der Waals surface area contributed by atoms with E-state index in [9.17, 15) is 4.79 Å². The molecule has 1 amide bonds. The van der Waals surface area contributed by atoms with E-state index in [-0.39, 0.29) is 5.91 Å². The molecule has 0 N–H and O–H groups in total. The summed E-state index contributed by atoms with van der Waals surface area (Å²) in [7, 11) is 0. The van der Waals surface area contributed by atoms with Crippen molar-refractivity contribution in [3.63, 3.8) is 0 Å². The van der Waals surface area contributed by atoms with Gasteiger partial charge in [-0.05, 0) is 42.5 Å². The molecule has 7 heteroatoms. The van der Waals surface area contributed by atoms with E-state index in [1.807, 2.05) is 77.6 Å². The first kappa shape index (κ1) is 20.7. The second kappa shape index (κ2) is 8.74. The van der Waals surface area contributed by atoms with Gasteiger partial charge in [0.15, 0.2) is 4.32 Å². The number of thioether (sulfide) groups is 1. The van der Waals surface area contributed by atoms with Gasteiger partial charge in [0.2, 0.25) is 0 Å². The van der Waals surface area contributed by atoms with Crippen molar-refractivity contribution >= 4 is 57.6 Å². The molecule has 2 heterocycles. The standard InChI is InChI=1S/C25H16ClN3OS2/c26-19-11-13-21(14-12-19)29-24(30)22(32-25(29)31)15-18-16-28(20-9-5-2-6-10-20)27-23(18)17-7-3-1-4-8-17/h1-16H/b22-15-. The lowest BCUT2D eigenvalue weighted by molar-refractivity contribution is -0.113. The van der Waals surface area contributed by atoms with Crippen molar-refractivity contribution in [1.29, 1.82) is 0 Å². The number of amides is 1. The van der Waals surface area contributed by atoms with Gasteiger partial charge in [0, 0.05) is 22.3 Å². The minimum absolute atomic E-state index is 0.159. The Morgan fingerprint density at radius 1 is 0.875 bits per heavy atom. The number of hydrogen-bond donors (Lipinski definition) is 0. The molecule has 0 bridgehead atoms. The normalized spacial score (nSPS) is 15.0. The van der Waals surface area contributed by atoms with Crippen LogP contribution in [0.25, 0.3) is 23.0 Å². The minimum atomic E-state index is -0.159. The predicted octanol–water partition coefficient (Wildman–Crippen LogP) is 6.60. The molecule has 1 saturated heterocycles. The zero-order valence-corrected chi connectivity index (χ0v) is 19.1. The van der Waals surface area contributed by atoms with Gasteiger partial charge < -0.3 is 0 Å². The Balaban J connectivity index is 1.57. The lowest BCUT2D eigenvalue weighted by Crippen LogP contribution is -2.27. The third-order valence-electron chi connectivity index (χ3n) is 4.98. The summed E-state index contributed by atoms with van der Waals surface area (Å²) >= 11 is 12.8. The summed E-state index contributed by atoms with van der Waals surface area (Å²) in [4.78, 5) is 15.3. The van der Waals surface area contributed by atoms with Gasteiger partial charge in [-0.3, -0.25) is 9.69 Å². The smallest absolute Gasteiger partial charge is 0.268 e. The average Bonchev–Trinajstić information content (AvgIpc) is 3.36. The Morgan fingerprint density at radius 3 is 2.22 bits per heavy atom. The number of para-hydroxylation sites is 1. The molecule has 156 valence electrons. The van der Waals surface area contributed by atoms with Crippen LogP contribution in [0.2, 0.25) is 5.02 Å². The molecule has 32 heavy (non-hydrogen) atoms. The summed E-state index contributed by atoms with van der Waals surface area (Å²) in [5, 5.41) is 5.42. The molecule has 1 aliphatic heterocycles. The van der Waals surface area contributed by atoms with Gasteiger partial charge in [0.25, 0.3) is 5.91 Å². The molecular formula is C25H16ClN3OS2. The van der Waals surface area contributed by atoms with Crippen LogP contribution in [0.5, 0.6) is 0 Å². The molecule has 0 radical (unpaired) electrons. The number of anilines is 1. The highest BCUT2D eigenvalue weighted by Crippen LogP contribution is 2.37. The molecule has 0 atom stereocenters. The maximum absolute atomic E-state index is 13.2. The molecule has 5 rings (SSSR count). The van der Waals surface area contributed by atoms with Crippen LogP contribution in [0.15, 0.2) is 96.0 Å². The van der Waals surface area contributed by atoms with Gasteiger partial charge >= 0.3 is 0 Å². The van der Waals surface area contributed by atoms with E-state index in [0.717, 1.165) is 22.5 Å². The second-order valence-corrected chi connectivity index (χ2v) is 9.18. The quantitative estimate of drug-likeness (QED) is 0.247. The van der Waals surface area contributed by atoms with Gasteiger partial charge in [0.05, 0.1) is 22.0 Å². The predicted molar refractivity (Wildman–Crippen MR) is 136 cm³/mol. The third-order valence-corrected chi connectivity index (χ3v) is 6.53. The van der Waals surface area contributed by atoms with Crippen LogP contribution < -0.4 is 4.90 Å². The Hall–Kier alpha value is -3.19. The van der Waals surface area contributed by atoms with Gasteiger partial charge in [-0.2, -0.15) is 5.10 Å².